The molecule has 5 heteroatoms. The van der Waals surface area contributed by atoms with E-state index in [-0.39, 0.29) is 0 Å². The minimum Gasteiger partial charge on any atom is -0.385 e. The largest absolute Gasteiger partial charge is 0.416 e. The third-order valence-electron chi connectivity index (χ3n) is 4.97. The van der Waals surface area contributed by atoms with Crippen LogP contribution in [0.3, 0.4) is 0 Å². The zero-order valence-corrected chi connectivity index (χ0v) is 14.2. The predicted molar refractivity (Wildman–Crippen MR) is 89.8 cm³/mol. The van der Waals surface area contributed by atoms with Gasteiger partial charge in [-0.25, -0.2) is 0 Å². The summed E-state index contributed by atoms with van der Waals surface area (Å²) in [6, 6.07) is 5.81. The molecule has 1 aliphatic rings. The number of rotatable bonds is 6. The van der Waals surface area contributed by atoms with Crippen molar-refractivity contribution in [3.63, 3.8) is 0 Å². The summed E-state index contributed by atoms with van der Waals surface area (Å²) in [5, 5.41) is 10.4. The van der Waals surface area contributed by atoms with Gasteiger partial charge in [0.15, 0.2) is 0 Å². The number of halogens is 3. The molecule has 1 aliphatic heterocycles. The number of unbranched alkanes of at least 4 members (excludes halogenated alkanes) is 1. The standard InChI is InChI=1S/C19H26F3NO/c1-15(2)18(24)10-13-23(14-11-18)12-6-5-8-16-7-3-4-9-17(16)19(20,21)22/h3-4,7,9,24H,1,5-6,8,10-14H2,2H3. The van der Waals surface area contributed by atoms with Crippen LogP contribution >= 0.6 is 0 Å². The second kappa shape index (κ2) is 7.70. The molecule has 0 unspecified atom stereocenters. The van der Waals surface area contributed by atoms with Crippen molar-refractivity contribution in [2.45, 2.75) is 50.8 Å². The highest BCUT2D eigenvalue weighted by Crippen LogP contribution is 2.32. The van der Waals surface area contributed by atoms with Crippen LogP contribution in [0, 0.1) is 0 Å². The van der Waals surface area contributed by atoms with Crippen molar-refractivity contribution in [2.24, 2.45) is 0 Å². The van der Waals surface area contributed by atoms with Gasteiger partial charge in [0.1, 0.15) is 0 Å². The summed E-state index contributed by atoms with van der Waals surface area (Å²) in [6.45, 7) is 8.18. The molecule has 24 heavy (non-hydrogen) atoms. The molecule has 0 bridgehead atoms. The Bertz CT molecular complexity index is 560. The van der Waals surface area contributed by atoms with Crippen LogP contribution in [0.15, 0.2) is 36.4 Å². The maximum absolute atomic E-state index is 12.9. The van der Waals surface area contributed by atoms with Gasteiger partial charge in [0, 0.05) is 13.1 Å². The Balaban J connectivity index is 1.76. The number of benzene rings is 1. The van der Waals surface area contributed by atoms with Gasteiger partial charge in [0.05, 0.1) is 11.2 Å². The molecular formula is C19H26F3NO. The molecule has 1 heterocycles. The zero-order valence-electron chi connectivity index (χ0n) is 14.2. The van der Waals surface area contributed by atoms with Crippen molar-refractivity contribution >= 4 is 0 Å². The van der Waals surface area contributed by atoms with Gasteiger partial charge in [-0.15, -0.1) is 0 Å². The lowest BCUT2D eigenvalue weighted by atomic mass is 9.85. The SMILES string of the molecule is C=C(C)C1(O)CCN(CCCCc2ccccc2C(F)(F)F)CC1. The Morgan fingerprint density at radius 3 is 2.42 bits per heavy atom. The van der Waals surface area contributed by atoms with Crippen molar-refractivity contribution in [2.75, 3.05) is 19.6 Å². The van der Waals surface area contributed by atoms with Crippen molar-refractivity contribution < 1.29 is 18.3 Å². The molecule has 2 rings (SSSR count). The lowest BCUT2D eigenvalue weighted by Gasteiger charge is -2.38. The minimum absolute atomic E-state index is 0.375. The minimum atomic E-state index is -4.28. The Morgan fingerprint density at radius 1 is 1.21 bits per heavy atom. The number of likely N-dealkylation sites (tertiary alicyclic amines) is 1. The summed E-state index contributed by atoms with van der Waals surface area (Å²) in [5.74, 6) is 0. The monoisotopic (exact) mass is 341 g/mol. The molecule has 0 amide bonds. The van der Waals surface area contributed by atoms with Crippen LogP contribution in [-0.4, -0.2) is 35.2 Å². The average Bonchev–Trinajstić information content (AvgIpc) is 2.52. The summed E-state index contributed by atoms with van der Waals surface area (Å²) in [5.41, 5.74) is -0.0805. The Labute approximate surface area is 142 Å². The van der Waals surface area contributed by atoms with E-state index in [2.05, 4.69) is 11.5 Å². The summed E-state index contributed by atoms with van der Waals surface area (Å²) in [6.07, 6.45) is -0.889. The number of piperidine rings is 1. The normalized spacial score (nSPS) is 18.5. The number of nitrogens with zero attached hydrogens (tertiary/aromatic N) is 1. The fourth-order valence-corrected chi connectivity index (χ4v) is 3.24. The predicted octanol–water partition coefficient (Wildman–Crippen LogP) is 4.43. The van der Waals surface area contributed by atoms with E-state index in [0.717, 1.165) is 44.1 Å². The van der Waals surface area contributed by atoms with Gasteiger partial charge in [-0.05, 0) is 62.8 Å². The fourth-order valence-electron chi connectivity index (χ4n) is 3.24. The lowest BCUT2D eigenvalue weighted by molar-refractivity contribution is -0.138. The molecule has 0 aliphatic carbocycles. The smallest absolute Gasteiger partial charge is 0.385 e. The summed E-state index contributed by atoms with van der Waals surface area (Å²) < 4.78 is 38.8. The first-order valence-corrected chi connectivity index (χ1v) is 8.48. The van der Waals surface area contributed by atoms with Crippen molar-refractivity contribution in [3.8, 4) is 0 Å². The number of aliphatic hydroxyl groups is 1. The molecule has 1 N–H and O–H groups in total. The highest BCUT2D eigenvalue weighted by Gasteiger charge is 2.33. The average molecular weight is 341 g/mol. The third-order valence-corrected chi connectivity index (χ3v) is 4.97. The molecule has 0 aromatic heterocycles. The van der Waals surface area contributed by atoms with Gasteiger partial charge < -0.3 is 10.0 Å². The van der Waals surface area contributed by atoms with E-state index >= 15 is 0 Å². The molecule has 1 aromatic carbocycles. The van der Waals surface area contributed by atoms with E-state index in [4.69, 9.17) is 0 Å². The molecule has 134 valence electrons. The highest BCUT2D eigenvalue weighted by atomic mass is 19.4. The molecule has 0 radical (unpaired) electrons. The van der Waals surface area contributed by atoms with Crippen LogP contribution in [0.1, 0.15) is 43.7 Å². The molecule has 0 atom stereocenters. The summed E-state index contributed by atoms with van der Waals surface area (Å²) in [7, 11) is 0. The molecule has 0 spiro atoms. The molecule has 2 nitrogen and oxygen atoms in total. The lowest BCUT2D eigenvalue weighted by Crippen LogP contribution is -2.45. The van der Waals surface area contributed by atoms with E-state index < -0.39 is 17.3 Å². The quantitative estimate of drug-likeness (QED) is 0.611. The fraction of sp³-hybridized carbons (Fsp3) is 0.579. The first kappa shape index (κ1) is 19.0. The van der Waals surface area contributed by atoms with E-state index in [1.807, 2.05) is 6.92 Å². The number of alkyl halides is 3. The van der Waals surface area contributed by atoms with Crippen LogP contribution in [0.25, 0.3) is 0 Å². The second-order valence-electron chi connectivity index (χ2n) is 6.77. The number of aryl methyl sites for hydroxylation is 1. The van der Waals surface area contributed by atoms with Crippen LogP contribution in [-0.2, 0) is 12.6 Å². The first-order chi connectivity index (χ1) is 11.2. The van der Waals surface area contributed by atoms with Crippen molar-refractivity contribution in [1.82, 2.24) is 4.90 Å². The van der Waals surface area contributed by atoms with Crippen molar-refractivity contribution in [3.05, 3.63) is 47.5 Å². The van der Waals surface area contributed by atoms with Crippen LogP contribution < -0.4 is 0 Å². The Morgan fingerprint density at radius 2 is 1.83 bits per heavy atom. The maximum Gasteiger partial charge on any atom is 0.416 e. The first-order valence-electron chi connectivity index (χ1n) is 8.48. The van der Waals surface area contributed by atoms with Gasteiger partial charge in [-0.3, -0.25) is 0 Å². The van der Waals surface area contributed by atoms with Gasteiger partial charge in [-0.1, -0.05) is 24.8 Å². The van der Waals surface area contributed by atoms with Crippen LogP contribution in [0.5, 0.6) is 0 Å². The zero-order chi connectivity index (χ0) is 17.8. The molecule has 1 aromatic rings. The number of hydrogen-bond donors (Lipinski definition) is 1. The Kier molecular flexibility index (Phi) is 6.10. The molecule has 1 fully saturated rings. The molecule has 0 saturated carbocycles. The molecule has 1 saturated heterocycles. The van der Waals surface area contributed by atoms with Gasteiger partial charge >= 0.3 is 6.18 Å². The highest BCUT2D eigenvalue weighted by molar-refractivity contribution is 5.29. The van der Waals surface area contributed by atoms with Gasteiger partial charge in [0.25, 0.3) is 0 Å². The van der Waals surface area contributed by atoms with Crippen LogP contribution in [0.2, 0.25) is 0 Å². The maximum atomic E-state index is 12.9. The van der Waals surface area contributed by atoms with E-state index in [1.54, 1.807) is 12.1 Å². The van der Waals surface area contributed by atoms with Gasteiger partial charge in [-0.2, -0.15) is 13.2 Å². The van der Waals surface area contributed by atoms with Crippen molar-refractivity contribution in [1.29, 1.82) is 0 Å². The number of hydrogen-bond acceptors (Lipinski definition) is 2. The van der Waals surface area contributed by atoms with E-state index in [1.165, 1.54) is 6.07 Å². The third kappa shape index (κ3) is 4.84. The summed E-state index contributed by atoms with van der Waals surface area (Å²) >= 11 is 0. The second-order valence-corrected chi connectivity index (χ2v) is 6.77. The topological polar surface area (TPSA) is 23.5 Å². The van der Waals surface area contributed by atoms with E-state index in [9.17, 15) is 18.3 Å². The summed E-state index contributed by atoms with van der Waals surface area (Å²) in [4.78, 5) is 2.27. The van der Waals surface area contributed by atoms with Gasteiger partial charge in [0.2, 0.25) is 0 Å². The van der Waals surface area contributed by atoms with E-state index in [0.29, 0.717) is 24.8 Å². The Hall–Kier alpha value is -1.33. The molecular weight excluding hydrogens is 315 g/mol. The van der Waals surface area contributed by atoms with Crippen LogP contribution in [0.4, 0.5) is 13.2 Å².